The van der Waals surface area contributed by atoms with E-state index in [2.05, 4.69) is 6.58 Å². The number of nitrogens with one attached hydrogen (secondary N) is 1. The van der Waals surface area contributed by atoms with E-state index in [1.165, 1.54) is 0 Å². The largest absolute Gasteiger partial charge is 0.362 e. The summed E-state index contributed by atoms with van der Waals surface area (Å²) in [7, 11) is -4.06. The summed E-state index contributed by atoms with van der Waals surface area (Å²) in [5.74, 6) is -0.902. The van der Waals surface area contributed by atoms with Crippen molar-refractivity contribution in [3.63, 3.8) is 0 Å². The van der Waals surface area contributed by atoms with Gasteiger partial charge in [-0.2, -0.15) is 8.42 Å². The Hall–Kier alpha value is -0.920. The van der Waals surface area contributed by atoms with Gasteiger partial charge < -0.3 is 5.73 Å². The molecule has 0 spiro atoms. The smallest absolute Gasteiger partial charge is 0.317 e. The first-order valence-corrected chi connectivity index (χ1v) is 6.81. The minimum Gasteiger partial charge on any atom is -0.317 e. The molecule has 3 N–H and O–H groups in total. The number of nitrogens with two attached hydrogens (primary N) is 1. The van der Waals surface area contributed by atoms with Gasteiger partial charge in [-0.1, -0.05) is 6.08 Å². The third-order valence-corrected chi connectivity index (χ3v) is 4.31. The first-order valence-electron chi connectivity index (χ1n) is 5.40. The number of hydrogen-bond acceptors (Lipinski definition) is 5. The molecule has 7 heteroatoms. The highest BCUT2D eigenvalue weighted by Gasteiger charge is 2.56. The van der Waals surface area contributed by atoms with Crippen LogP contribution in [-0.4, -0.2) is 25.5 Å². The van der Waals surface area contributed by atoms with E-state index in [4.69, 9.17) is 9.92 Å². The Kier molecular flexibility index (Phi) is 2.61. The van der Waals surface area contributed by atoms with Crippen LogP contribution in [0.1, 0.15) is 26.2 Å². The summed E-state index contributed by atoms with van der Waals surface area (Å²) in [6.07, 6.45) is 3.31. The molecule has 0 radical (unpaired) electrons. The molecule has 0 saturated heterocycles. The summed E-state index contributed by atoms with van der Waals surface area (Å²) in [5.41, 5.74) is 3.92. The van der Waals surface area contributed by atoms with Crippen molar-refractivity contribution < 1.29 is 17.4 Å². The van der Waals surface area contributed by atoms with E-state index in [9.17, 15) is 13.2 Å². The molecule has 2 saturated carbocycles. The lowest BCUT2D eigenvalue weighted by molar-refractivity contribution is -0.121. The minimum absolute atomic E-state index is 0.172. The van der Waals surface area contributed by atoms with Gasteiger partial charge in [-0.05, 0) is 26.2 Å². The summed E-state index contributed by atoms with van der Waals surface area (Å²) in [4.78, 5) is 11.7. The maximum Gasteiger partial charge on any atom is 0.362 e. The fraction of sp³-hybridized carbons (Fsp3) is 0.700. The van der Waals surface area contributed by atoms with Crippen LogP contribution in [0, 0.1) is 5.92 Å². The molecule has 2 rings (SSSR count). The van der Waals surface area contributed by atoms with Crippen LogP contribution < -0.4 is 10.5 Å². The van der Waals surface area contributed by atoms with Gasteiger partial charge in [0.05, 0.1) is 5.60 Å². The molecule has 0 aromatic rings. The second-order valence-corrected chi connectivity index (χ2v) is 6.28. The van der Waals surface area contributed by atoms with E-state index < -0.39 is 27.4 Å². The zero-order valence-corrected chi connectivity index (χ0v) is 10.4. The fourth-order valence-electron chi connectivity index (χ4n) is 1.61. The van der Waals surface area contributed by atoms with Crippen molar-refractivity contribution in [2.45, 2.75) is 37.3 Å². The topological polar surface area (TPSA) is 98.5 Å². The van der Waals surface area contributed by atoms with Gasteiger partial charge in [-0.25, -0.2) is 8.91 Å². The highest BCUT2D eigenvalue weighted by Crippen LogP contribution is 2.43. The van der Waals surface area contributed by atoms with Crippen molar-refractivity contribution in [2.75, 3.05) is 0 Å². The summed E-state index contributed by atoms with van der Waals surface area (Å²) in [5, 5.41) is 0. The molecule has 2 fully saturated rings. The Balaban J connectivity index is 1.97. The summed E-state index contributed by atoms with van der Waals surface area (Å²) < 4.78 is 29.8. The molecule has 0 bridgehead atoms. The van der Waals surface area contributed by atoms with Crippen LogP contribution in [-0.2, 0) is 19.3 Å². The second kappa shape index (κ2) is 3.54. The molecule has 0 aromatic heterocycles. The van der Waals surface area contributed by atoms with Crippen molar-refractivity contribution >= 4 is 16.2 Å². The standard InChI is InChI=1S/C10H16N2O4S/c1-3-7-6-10(7,11)8(13)12-17(14,15)16-9(2)4-5-9/h3,7H,1,4-6,11H2,2H3,(H,12,13)/t7-,10-/m1/s1. The first kappa shape index (κ1) is 12.5. The maximum atomic E-state index is 11.7. The highest BCUT2D eigenvalue weighted by atomic mass is 32.2. The zero-order chi connectivity index (χ0) is 12.9. The monoisotopic (exact) mass is 260 g/mol. The number of rotatable bonds is 5. The van der Waals surface area contributed by atoms with Crippen molar-refractivity contribution in [3.8, 4) is 0 Å². The van der Waals surface area contributed by atoms with E-state index in [-0.39, 0.29) is 5.92 Å². The fourth-order valence-corrected chi connectivity index (χ4v) is 2.77. The van der Waals surface area contributed by atoms with Crippen LogP contribution in [0.3, 0.4) is 0 Å². The van der Waals surface area contributed by atoms with Crippen molar-refractivity contribution in [3.05, 3.63) is 12.7 Å². The van der Waals surface area contributed by atoms with Gasteiger partial charge in [0.2, 0.25) is 0 Å². The summed E-state index contributed by atoms with van der Waals surface area (Å²) in [6.45, 7) is 5.20. The summed E-state index contributed by atoms with van der Waals surface area (Å²) >= 11 is 0. The molecule has 0 heterocycles. The van der Waals surface area contributed by atoms with E-state index in [0.29, 0.717) is 19.3 Å². The second-order valence-electron chi connectivity index (χ2n) is 5.01. The predicted molar refractivity (Wildman–Crippen MR) is 61.0 cm³/mol. The lowest BCUT2D eigenvalue weighted by atomic mass is 10.2. The Bertz CT molecular complexity index is 469. The Morgan fingerprint density at radius 3 is 2.59 bits per heavy atom. The molecule has 96 valence electrons. The zero-order valence-electron chi connectivity index (χ0n) is 9.60. The van der Waals surface area contributed by atoms with Crippen LogP contribution in [0.15, 0.2) is 12.7 Å². The molecule has 2 aliphatic carbocycles. The molecular formula is C10H16N2O4S. The average molecular weight is 260 g/mol. The van der Waals surface area contributed by atoms with Gasteiger partial charge >= 0.3 is 10.3 Å². The molecule has 0 unspecified atom stereocenters. The van der Waals surface area contributed by atoms with Crippen molar-refractivity contribution in [1.29, 1.82) is 0 Å². The molecule has 17 heavy (non-hydrogen) atoms. The molecule has 1 amide bonds. The van der Waals surface area contributed by atoms with E-state index in [1.807, 2.05) is 4.72 Å². The van der Waals surface area contributed by atoms with E-state index >= 15 is 0 Å². The Morgan fingerprint density at radius 2 is 2.18 bits per heavy atom. The van der Waals surface area contributed by atoms with Crippen LogP contribution in [0.2, 0.25) is 0 Å². The van der Waals surface area contributed by atoms with Crippen LogP contribution in [0.25, 0.3) is 0 Å². The first-order chi connectivity index (χ1) is 7.71. The molecule has 2 atom stereocenters. The molecule has 0 aliphatic heterocycles. The van der Waals surface area contributed by atoms with Crippen molar-refractivity contribution in [2.24, 2.45) is 11.7 Å². The third kappa shape index (κ3) is 2.51. The molecule has 2 aliphatic rings. The van der Waals surface area contributed by atoms with Crippen LogP contribution >= 0.6 is 0 Å². The number of carbonyl (C=O) groups excluding carboxylic acids is 1. The highest BCUT2D eigenvalue weighted by molar-refractivity contribution is 7.85. The number of carbonyl (C=O) groups is 1. The van der Waals surface area contributed by atoms with E-state index in [0.717, 1.165) is 0 Å². The van der Waals surface area contributed by atoms with Gasteiger partial charge in [0.25, 0.3) is 5.91 Å². The van der Waals surface area contributed by atoms with Gasteiger partial charge in [-0.3, -0.25) is 4.79 Å². The number of amides is 1. The molecule has 6 nitrogen and oxygen atoms in total. The summed E-state index contributed by atoms with van der Waals surface area (Å²) in [6, 6.07) is 0. The molecule has 0 aromatic carbocycles. The average Bonchev–Trinajstić information content (AvgIpc) is 3.05. The Morgan fingerprint density at radius 1 is 1.59 bits per heavy atom. The SMILES string of the molecule is C=C[C@@H]1C[C@]1(N)C(=O)NS(=O)(=O)OC1(C)CC1. The molecular weight excluding hydrogens is 244 g/mol. The van der Waals surface area contributed by atoms with Crippen molar-refractivity contribution in [1.82, 2.24) is 4.72 Å². The van der Waals surface area contributed by atoms with Crippen LogP contribution in [0.4, 0.5) is 0 Å². The maximum absolute atomic E-state index is 11.7. The third-order valence-electron chi connectivity index (χ3n) is 3.25. The minimum atomic E-state index is -4.06. The Labute approximate surface area is 100 Å². The lowest BCUT2D eigenvalue weighted by Gasteiger charge is -2.14. The number of hydrogen-bond donors (Lipinski definition) is 2. The van der Waals surface area contributed by atoms with Gasteiger partial charge in [-0.15, -0.1) is 6.58 Å². The van der Waals surface area contributed by atoms with E-state index in [1.54, 1.807) is 13.0 Å². The van der Waals surface area contributed by atoms with Crippen LogP contribution in [0.5, 0.6) is 0 Å². The quantitative estimate of drug-likeness (QED) is 0.668. The predicted octanol–water partition coefficient (Wildman–Crippen LogP) is -0.180. The van der Waals surface area contributed by atoms with Gasteiger partial charge in [0.15, 0.2) is 0 Å². The normalized spacial score (nSPS) is 33.9. The van der Waals surface area contributed by atoms with Gasteiger partial charge in [0, 0.05) is 5.92 Å². The lowest BCUT2D eigenvalue weighted by Crippen LogP contribution is -2.47. The van der Waals surface area contributed by atoms with Gasteiger partial charge in [0.1, 0.15) is 5.54 Å².